The van der Waals surface area contributed by atoms with Gasteiger partial charge in [-0.05, 0) is 30.7 Å². The highest BCUT2D eigenvalue weighted by atomic mass is 16.5. The molecule has 0 aliphatic carbocycles. The first-order valence-electron chi connectivity index (χ1n) is 8.18. The maximum Gasteiger partial charge on any atom is 0.255 e. The number of nitrogens with two attached hydrogens (primary N) is 1. The van der Waals surface area contributed by atoms with E-state index in [1.54, 1.807) is 18.1 Å². The highest BCUT2D eigenvalue weighted by Crippen LogP contribution is 2.30. The van der Waals surface area contributed by atoms with E-state index in [0.29, 0.717) is 36.5 Å². The lowest BCUT2D eigenvalue weighted by Crippen LogP contribution is -2.32. The monoisotopic (exact) mass is 339 g/mol. The van der Waals surface area contributed by atoms with Crippen LogP contribution in [0.25, 0.3) is 0 Å². The minimum Gasteiger partial charge on any atom is -0.495 e. The van der Waals surface area contributed by atoms with Crippen LogP contribution in [0.5, 0.6) is 5.75 Å². The molecule has 1 atom stereocenters. The Bertz CT molecular complexity index is 791. The average Bonchev–Trinajstić information content (AvgIpc) is 3.12. The highest BCUT2D eigenvalue weighted by Gasteiger charge is 2.31. The molecule has 1 aliphatic heterocycles. The van der Waals surface area contributed by atoms with Gasteiger partial charge in [0.25, 0.3) is 5.91 Å². The Labute approximate surface area is 146 Å². The third kappa shape index (κ3) is 3.57. The van der Waals surface area contributed by atoms with Gasteiger partial charge in [-0.3, -0.25) is 9.59 Å². The van der Waals surface area contributed by atoms with Crippen molar-refractivity contribution in [3.8, 4) is 5.75 Å². The highest BCUT2D eigenvalue weighted by molar-refractivity contribution is 6.01. The zero-order valence-corrected chi connectivity index (χ0v) is 14.1. The third-order valence-electron chi connectivity index (χ3n) is 4.41. The number of anilines is 2. The summed E-state index contributed by atoms with van der Waals surface area (Å²) >= 11 is 0. The number of nitrogens with one attached hydrogen (secondary N) is 1. The van der Waals surface area contributed by atoms with Crippen LogP contribution in [0.1, 0.15) is 16.8 Å². The number of primary amides is 1. The molecule has 25 heavy (non-hydrogen) atoms. The van der Waals surface area contributed by atoms with Gasteiger partial charge in [-0.2, -0.15) is 0 Å². The first-order chi connectivity index (χ1) is 12.1. The lowest BCUT2D eigenvalue weighted by atomic mass is 10.1. The van der Waals surface area contributed by atoms with Crippen molar-refractivity contribution < 1.29 is 14.3 Å². The second-order valence-electron chi connectivity index (χ2n) is 6.01. The SMILES string of the molecule is COc1ccccc1Nc1ccccc1C(=O)N1CCC(C(N)=O)C1. The lowest BCUT2D eigenvalue weighted by molar-refractivity contribution is -0.121. The molecule has 0 aromatic heterocycles. The van der Waals surface area contributed by atoms with Crippen molar-refractivity contribution in [3.63, 3.8) is 0 Å². The Hall–Kier alpha value is -3.02. The third-order valence-corrected chi connectivity index (χ3v) is 4.41. The maximum absolute atomic E-state index is 12.9. The molecule has 1 unspecified atom stereocenters. The number of amides is 2. The van der Waals surface area contributed by atoms with Gasteiger partial charge in [0.1, 0.15) is 5.75 Å². The molecule has 1 fully saturated rings. The normalized spacial score (nSPS) is 16.5. The molecule has 3 rings (SSSR count). The summed E-state index contributed by atoms with van der Waals surface area (Å²) in [6, 6.07) is 14.8. The van der Waals surface area contributed by atoms with Crippen molar-refractivity contribution in [2.75, 3.05) is 25.5 Å². The predicted molar refractivity (Wildman–Crippen MR) is 95.9 cm³/mol. The Morgan fingerprint density at radius 3 is 2.48 bits per heavy atom. The van der Waals surface area contributed by atoms with Crippen LogP contribution >= 0.6 is 0 Å². The summed E-state index contributed by atoms with van der Waals surface area (Å²) < 4.78 is 5.35. The Morgan fingerprint density at radius 1 is 1.12 bits per heavy atom. The van der Waals surface area contributed by atoms with Crippen LogP contribution in [-0.4, -0.2) is 36.9 Å². The lowest BCUT2D eigenvalue weighted by Gasteiger charge is -2.19. The van der Waals surface area contributed by atoms with E-state index in [2.05, 4.69) is 5.32 Å². The van der Waals surface area contributed by atoms with Gasteiger partial charge in [-0.25, -0.2) is 0 Å². The standard InChI is InChI=1S/C19H21N3O3/c1-25-17-9-5-4-8-16(17)21-15-7-3-2-6-14(15)19(24)22-11-10-13(12-22)18(20)23/h2-9,13,21H,10-12H2,1H3,(H2,20,23). The molecule has 0 radical (unpaired) electrons. The summed E-state index contributed by atoms with van der Waals surface area (Å²) in [5.74, 6) is -0.0320. The molecule has 130 valence electrons. The number of methoxy groups -OCH3 is 1. The molecular formula is C19H21N3O3. The van der Waals surface area contributed by atoms with Crippen molar-refractivity contribution in [1.29, 1.82) is 0 Å². The summed E-state index contributed by atoms with van der Waals surface area (Å²) in [4.78, 5) is 25.9. The largest absolute Gasteiger partial charge is 0.495 e. The number of hydrogen-bond donors (Lipinski definition) is 2. The van der Waals surface area contributed by atoms with Crippen LogP contribution in [0.2, 0.25) is 0 Å². The molecule has 1 aliphatic rings. The van der Waals surface area contributed by atoms with Crippen LogP contribution in [0.4, 0.5) is 11.4 Å². The minimum absolute atomic E-state index is 0.109. The molecule has 6 heteroatoms. The fourth-order valence-corrected chi connectivity index (χ4v) is 3.02. The van der Waals surface area contributed by atoms with E-state index in [-0.39, 0.29) is 17.7 Å². The number of hydrogen-bond acceptors (Lipinski definition) is 4. The smallest absolute Gasteiger partial charge is 0.255 e. The van der Waals surface area contributed by atoms with Gasteiger partial charge in [-0.15, -0.1) is 0 Å². The van der Waals surface area contributed by atoms with E-state index in [0.717, 1.165) is 5.69 Å². The second-order valence-corrected chi connectivity index (χ2v) is 6.01. The Kier molecular flexibility index (Phi) is 4.88. The number of benzene rings is 2. The van der Waals surface area contributed by atoms with Crippen molar-refractivity contribution in [2.24, 2.45) is 11.7 Å². The number of para-hydroxylation sites is 3. The molecule has 6 nitrogen and oxygen atoms in total. The zero-order valence-electron chi connectivity index (χ0n) is 14.1. The van der Waals surface area contributed by atoms with E-state index < -0.39 is 0 Å². The molecule has 2 aromatic rings. The van der Waals surface area contributed by atoms with Gasteiger partial charge in [0.15, 0.2) is 0 Å². The van der Waals surface area contributed by atoms with Crippen LogP contribution in [0.3, 0.4) is 0 Å². The zero-order chi connectivity index (χ0) is 17.8. The van der Waals surface area contributed by atoms with Crippen LogP contribution in [0.15, 0.2) is 48.5 Å². The molecule has 0 saturated carbocycles. The van der Waals surface area contributed by atoms with E-state index in [1.165, 1.54) is 0 Å². The molecule has 1 heterocycles. The van der Waals surface area contributed by atoms with Crippen molar-refractivity contribution in [1.82, 2.24) is 4.90 Å². The number of carbonyl (C=O) groups is 2. The molecule has 3 N–H and O–H groups in total. The Morgan fingerprint density at radius 2 is 1.80 bits per heavy atom. The fraction of sp³-hybridized carbons (Fsp3) is 0.263. The summed E-state index contributed by atoms with van der Waals surface area (Å²) in [6.07, 6.45) is 0.614. The number of rotatable bonds is 5. The van der Waals surface area contributed by atoms with Crippen molar-refractivity contribution >= 4 is 23.2 Å². The molecule has 0 spiro atoms. The number of likely N-dealkylation sites (tertiary alicyclic amines) is 1. The summed E-state index contributed by atoms with van der Waals surface area (Å²) in [5.41, 5.74) is 7.39. The van der Waals surface area contributed by atoms with Crippen LogP contribution in [0, 0.1) is 5.92 Å². The molecule has 1 saturated heterocycles. The van der Waals surface area contributed by atoms with Crippen LogP contribution < -0.4 is 15.8 Å². The first-order valence-corrected chi connectivity index (χ1v) is 8.18. The Balaban J connectivity index is 1.84. The quantitative estimate of drug-likeness (QED) is 0.876. The minimum atomic E-state index is -0.351. The van der Waals surface area contributed by atoms with Crippen LogP contribution in [-0.2, 0) is 4.79 Å². The molecular weight excluding hydrogens is 318 g/mol. The van der Waals surface area contributed by atoms with Crippen molar-refractivity contribution in [2.45, 2.75) is 6.42 Å². The first kappa shape index (κ1) is 16.8. The summed E-state index contributed by atoms with van der Waals surface area (Å²) in [5, 5.41) is 3.27. The van der Waals surface area contributed by atoms with Gasteiger partial charge in [-0.1, -0.05) is 24.3 Å². The fourth-order valence-electron chi connectivity index (χ4n) is 3.02. The number of carbonyl (C=O) groups excluding carboxylic acids is 2. The summed E-state index contributed by atoms with van der Waals surface area (Å²) in [7, 11) is 1.60. The van der Waals surface area contributed by atoms with Gasteiger partial charge in [0, 0.05) is 13.1 Å². The van der Waals surface area contributed by atoms with Gasteiger partial charge >= 0.3 is 0 Å². The van der Waals surface area contributed by atoms with Gasteiger partial charge in [0.2, 0.25) is 5.91 Å². The topological polar surface area (TPSA) is 84.7 Å². The molecule has 0 bridgehead atoms. The van der Waals surface area contributed by atoms with Crippen molar-refractivity contribution in [3.05, 3.63) is 54.1 Å². The van der Waals surface area contributed by atoms with Gasteiger partial charge < -0.3 is 20.7 Å². The molecule has 2 aromatic carbocycles. The molecule has 2 amide bonds. The average molecular weight is 339 g/mol. The number of ether oxygens (including phenoxy) is 1. The van der Waals surface area contributed by atoms with E-state index in [4.69, 9.17) is 10.5 Å². The number of nitrogens with zero attached hydrogens (tertiary/aromatic N) is 1. The second kappa shape index (κ2) is 7.25. The van der Waals surface area contributed by atoms with E-state index in [1.807, 2.05) is 42.5 Å². The maximum atomic E-state index is 12.9. The van der Waals surface area contributed by atoms with E-state index in [9.17, 15) is 9.59 Å². The van der Waals surface area contributed by atoms with E-state index >= 15 is 0 Å². The summed E-state index contributed by atoms with van der Waals surface area (Å²) in [6.45, 7) is 0.909. The predicted octanol–water partition coefficient (Wildman–Crippen LogP) is 2.39. The van der Waals surface area contributed by atoms with Gasteiger partial charge in [0.05, 0.1) is 30.0 Å².